The van der Waals surface area contributed by atoms with Gasteiger partial charge in [-0.1, -0.05) is 0 Å². The maximum atomic E-state index is 12.2. The molecule has 9 heteroatoms. The standard InChI is InChI=1S/C20H24N8O/c29-20-6-5-18(27-8-2-7-21-27)24-28(20)14-11-25-9-12-26(13-10-25)19-15-16-3-1-4-17(16)22-23-19/h2,5-8,15H,1,3-4,9-14H2. The van der Waals surface area contributed by atoms with Crippen LogP contribution in [0.2, 0.25) is 0 Å². The first-order chi connectivity index (χ1) is 14.3. The largest absolute Gasteiger partial charge is 0.353 e. The van der Waals surface area contributed by atoms with Crippen molar-refractivity contribution in [2.75, 3.05) is 37.6 Å². The minimum atomic E-state index is -0.0899. The Kier molecular flexibility index (Phi) is 4.81. The first-order valence-electron chi connectivity index (χ1n) is 10.2. The molecular weight excluding hydrogens is 368 g/mol. The van der Waals surface area contributed by atoms with Crippen LogP contribution in [0.3, 0.4) is 0 Å². The molecule has 0 unspecified atom stereocenters. The predicted octanol–water partition coefficient (Wildman–Crippen LogP) is 0.530. The van der Waals surface area contributed by atoms with Gasteiger partial charge in [0.05, 0.1) is 12.2 Å². The van der Waals surface area contributed by atoms with Gasteiger partial charge in [-0.15, -0.1) is 10.2 Å². The Morgan fingerprint density at radius 3 is 2.69 bits per heavy atom. The third-order valence-corrected chi connectivity index (χ3v) is 5.72. The Morgan fingerprint density at radius 1 is 0.966 bits per heavy atom. The molecule has 5 rings (SSSR count). The van der Waals surface area contributed by atoms with Crippen molar-refractivity contribution in [3.05, 3.63) is 58.3 Å². The fourth-order valence-corrected chi connectivity index (χ4v) is 4.03. The molecule has 0 atom stereocenters. The van der Waals surface area contributed by atoms with Gasteiger partial charge in [0.2, 0.25) is 0 Å². The van der Waals surface area contributed by atoms with Crippen molar-refractivity contribution in [1.29, 1.82) is 0 Å². The topological polar surface area (TPSA) is 85.0 Å². The Labute approximate surface area is 168 Å². The highest BCUT2D eigenvalue weighted by molar-refractivity contribution is 5.43. The summed E-state index contributed by atoms with van der Waals surface area (Å²) in [5.74, 6) is 1.64. The fraction of sp³-hybridized carbons (Fsp3) is 0.450. The molecule has 4 heterocycles. The first-order valence-corrected chi connectivity index (χ1v) is 10.2. The molecule has 1 fully saturated rings. The number of aromatic nitrogens is 6. The van der Waals surface area contributed by atoms with Gasteiger partial charge in [0.25, 0.3) is 5.56 Å². The van der Waals surface area contributed by atoms with Crippen LogP contribution in [0.25, 0.3) is 5.82 Å². The molecule has 1 saturated heterocycles. The van der Waals surface area contributed by atoms with E-state index < -0.39 is 0 Å². The zero-order valence-corrected chi connectivity index (χ0v) is 16.3. The highest BCUT2D eigenvalue weighted by Gasteiger charge is 2.21. The SMILES string of the molecule is O=c1ccc(-n2cccn2)nn1CCN1CCN(c2cc3c(nn2)CCC3)CC1. The highest BCUT2D eigenvalue weighted by atomic mass is 16.1. The number of nitrogens with zero attached hydrogens (tertiary/aromatic N) is 8. The molecule has 0 bridgehead atoms. The minimum Gasteiger partial charge on any atom is -0.353 e. The Morgan fingerprint density at radius 2 is 1.86 bits per heavy atom. The summed E-state index contributed by atoms with van der Waals surface area (Å²) in [6, 6.07) is 7.30. The summed E-state index contributed by atoms with van der Waals surface area (Å²) in [5.41, 5.74) is 2.44. The van der Waals surface area contributed by atoms with Gasteiger partial charge in [0.1, 0.15) is 0 Å². The predicted molar refractivity (Wildman–Crippen MR) is 108 cm³/mol. The molecule has 2 aliphatic rings. The average molecular weight is 392 g/mol. The first kappa shape index (κ1) is 18.0. The summed E-state index contributed by atoms with van der Waals surface area (Å²) in [6.07, 6.45) is 6.89. The lowest BCUT2D eigenvalue weighted by Gasteiger charge is -2.35. The summed E-state index contributed by atoms with van der Waals surface area (Å²) < 4.78 is 3.18. The van der Waals surface area contributed by atoms with E-state index in [0.717, 1.165) is 51.4 Å². The van der Waals surface area contributed by atoms with Crippen LogP contribution in [0, 0.1) is 0 Å². The van der Waals surface area contributed by atoms with Crippen molar-refractivity contribution in [2.45, 2.75) is 25.8 Å². The van der Waals surface area contributed by atoms with Crippen LogP contribution in [0.1, 0.15) is 17.7 Å². The van der Waals surface area contributed by atoms with Gasteiger partial charge in [0.15, 0.2) is 11.6 Å². The van der Waals surface area contributed by atoms with Crippen LogP contribution in [-0.4, -0.2) is 67.4 Å². The quantitative estimate of drug-likeness (QED) is 0.626. The minimum absolute atomic E-state index is 0.0899. The van der Waals surface area contributed by atoms with Crippen molar-refractivity contribution in [3.8, 4) is 5.82 Å². The van der Waals surface area contributed by atoms with E-state index in [1.807, 2.05) is 12.3 Å². The average Bonchev–Trinajstić information content (AvgIpc) is 3.45. The van der Waals surface area contributed by atoms with Gasteiger partial charge in [-0.25, -0.2) is 9.36 Å². The van der Waals surface area contributed by atoms with Crippen LogP contribution in [0.4, 0.5) is 5.82 Å². The second-order valence-corrected chi connectivity index (χ2v) is 7.56. The molecule has 9 nitrogen and oxygen atoms in total. The van der Waals surface area contributed by atoms with E-state index in [2.05, 4.69) is 36.3 Å². The van der Waals surface area contributed by atoms with Crippen LogP contribution in [0.15, 0.2) is 41.5 Å². The number of fused-ring (bicyclic) bond motifs is 1. The summed E-state index contributed by atoms with van der Waals surface area (Å²) in [5, 5.41) is 17.5. The molecule has 0 amide bonds. The van der Waals surface area contributed by atoms with E-state index in [9.17, 15) is 4.79 Å². The number of hydrogen-bond acceptors (Lipinski definition) is 7. The summed E-state index contributed by atoms with van der Waals surface area (Å²) in [4.78, 5) is 16.9. The molecular formula is C20H24N8O. The van der Waals surface area contributed by atoms with Gasteiger partial charge in [-0.3, -0.25) is 9.69 Å². The van der Waals surface area contributed by atoms with Gasteiger partial charge in [0, 0.05) is 51.2 Å². The van der Waals surface area contributed by atoms with Crippen LogP contribution in [-0.2, 0) is 19.4 Å². The van der Waals surface area contributed by atoms with Gasteiger partial charge >= 0.3 is 0 Å². The normalized spacial score (nSPS) is 16.9. The Bertz CT molecular complexity index is 1040. The number of aryl methyl sites for hydroxylation is 2. The van der Waals surface area contributed by atoms with E-state index in [1.54, 1.807) is 23.0 Å². The van der Waals surface area contributed by atoms with Crippen LogP contribution in [0.5, 0.6) is 0 Å². The van der Waals surface area contributed by atoms with Crippen LogP contribution >= 0.6 is 0 Å². The Balaban J connectivity index is 1.18. The molecule has 150 valence electrons. The van der Waals surface area contributed by atoms with Crippen molar-refractivity contribution in [2.24, 2.45) is 0 Å². The number of hydrogen-bond donors (Lipinski definition) is 0. The molecule has 3 aromatic heterocycles. The lowest BCUT2D eigenvalue weighted by Crippen LogP contribution is -2.48. The maximum Gasteiger partial charge on any atom is 0.266 e. The number of rotatable bonds is 5. The van der Waals surface area contributed by atoms with E-state index in [4.69, 9.17) is 0 Å². The zero-order valence-electron chi connectivity index (χ0n) is 16.3. The molecule has 0 spiro atoms. The van der Waals surface area contributed by atoms with Crippen molar-refractivity contribution in [3.63, 3.8) is 0 Å². The Hall–Kier alpha value is -3.07. The smallest absolute Gasteiger partial charge is 0.266 e. The highest BCUT2D eigenvalue weighted by Crippen LogP contribution is 2.23. The second-order valence-electron chi connectivity index (χ2n) is 7.56. The lowest BCUT2D eigenvalue weighted by molar-refractivity contribution is 0.242. The molecule has 0 saturated carbocycles. The second kappa shape index (κ2) is 7.75. The number of anilines is 1. The van der Waals surface area contributed by atoms with E-state index in [1.165, 1.54) is 22.4 Å². The van der Waals surface area contributed by atoms with E-state index in [0.29, 0.717) is 12.4 Å². The van der Waals surface area contributed by atoms with Gasteiger partial charge in [-0.2, -0.15) is 10.2 Å². The van der Waals surface area contributed by atoms with Crippen molar-refractivity contribution in [1.82, 2.24) is 34.7 Å². The third-order valence-electron chi connectivity index (χ3n) is 5.72. The molecule has 0 N–H and O–H groups in total. The fourth-order valence-electron chi connectivity index (χ4n) is 4.03. The summed E-state index contributed by atoms with van der Waals surface area (Å²) >= 11 is 0. The molecule has 0 radical (unpaired) electrons. The lowest BCUT2D eigenvalue weighted by atomic mass is 10.2. The maximum absolute atomic E-state index is 12.2. The number of piperazine rings is 1. The van der Waals surface area contributed by atoms with Gasteiger partial charge in [-0.05, 0) is 43.0 Å². The molecule has 1 aliphatic heterocycles. The van der Waals surface area contributed by atoms with E-state index >= 15 is 0 Å². The zero-order chi connectivity index (χ0) is 19.6. The third kappa shape index (κ3) is 3.77. The monoisotopic (exact) mass is 392 g/mol. The van der Waals surface area contributed by atoms with E-state index in [-0.39, 0.29) is 5.56 Å². The van der Waals surface area contributed by atoms with Crippen molar-refractivity contribution >= 4 is 5.82 Å². The summed E-state index contributed by atoms with van der Waals surface area (Å²) in [7, 11) is 0. The molecule has 1 aliphatic carbocycles. The molecule has 0 aromatic carbocycles. The molecule has 3 aromatic rings. The van der Waals surface area contributed by atoms with Crippen LogP contribution < -0.4 is 10.5 Å². The van der Waals surface area contributed by atoms with Gasteiger partial charge < -0.3 is 4.90 Å². The molecule has 29 heavy (non-hydrogen) atoms. The van der Waals surface area contributed by atoms with Crippen molar-refractivity contribution < 1.29 is 0 Å². The summed E-state index contributed by atoms with van der Waals surface area (Å²) in [6.45, 7) is 5.07.